The third-order valence-corrected chi connectivity index (χ3v) is 4.69. The molecule has 0 aliphatic rings. The van der Waals surface area contributed by atoms with Crippen LogP contribution in [-0.2, 0) is 10.0 Å². The molecule has 0 bridgehead atoms. The summed E-state index contributed by atoms with van der Waals surface area (Å²) in [5.74, 6) is 0.382. The summed E-state index contributed by atoms with van der Waals surface area (Å²) in [6, 6.07) is 6.75. The molecule has 0 amide bonds. The molecule has 1 heterocycles. The van der Waals surface area contributed by atoms with Gasteiger partial charge in [0.05, 0.1) is 12.8 Å². The second-order valence-corrected chi connectivity index (χ2v) is 6.65. The summed E-state index contributed by atoms with van der Waals surface area (Å²) < 4.78 is 31.8. The van der Waals surface area contributed by atoms with Gasteiger partial charge in [-0.2, -0.15) is 17.6 Å². The molecule has 21 heavy (non-hydrogen) atoms. The van der Waals surface area contributed by atoms with Crippen molar-refractivity contribution < 1.29 is 13.2 Å². The van der Waals surface area contributed by atoms with Crippen molar-refractivity contribution in [2.75, 3.05) is 6.61 Å². The summed E-state index contributed by atoms with van der Waals surface area (Å²) in [4.78, 5) is 0.155. The molecule has 2 rings (SSSR count). The number of hydrogen-bond donors (Lipinski definition) is 0. The van der Waals surface area contributed by atoms with Gasteiger partial charge in [0, 0.05) is 6.20 Å². The SMILES string of the molecule is CCCCCOc1ccc(C)cc1S(=O)(=O)n1cccn1. The average molecular weight is 308 g/mol. The molecule has 0 saturated heterocycles. The molecule has 0 atom stereocenters. The Morgan fingerprint density at radius 1 is 1.29 bits per heavy atom. The van der Waals surface area contributed by atoms with Crippen LogP contribution in [0.15, 0.2) is 41.6 Å². The number of benzene rings is 1. The van der Waals surface area contributed by atoms with Crippen LogP contribution >= 0.6 is 0 Å². The first-order chi connectivity index (χ1) is 10.1. The van der Waals surface area contributed by atoms with Gasteiger partial charge >= 0.3 is 0 Å². The Morgan fingerprint density at radius 3 is 2.76 bits per heavy atom. The van der Waals surface area contributed by atoms with Gasteiger partial charge in [0.25, 0.3) is 10.0 Å². The van der Waals surface area contributed by atoms with Crippen LogP contribution in [-0.4, -0.2) is 24.2 Å². The number of aromatic nitrogens is 2. The molecule has 5 nitrogen and oxygen atoms in total. The molecule has 0 aliphatic heterocycles. The number of ether oxygens (including phenoxy) is 1. The normalized spacial score (nSPS) is 11.5. The maximum absolute atomic E-state index is 12.6. The molecular weight excluding hydrogens is 288 g/mol. The predicted molar refractivity (Wildman–Crippen MR) is 81.0 cm³/mol. The van der Waals surface area contributed by atoms with E-state index in [0.29, 0.717) is 12.4 Å². The van der Waals surface area contributed by atoms with E-state index in [2.05, 4.69) is 12.0 Å². The molecule has 0 N–H and O–H groups in total. The number of rotatable bonds is 7. The van der Waals surface area contributed by atoms with E-state index in [0.717, 1.165) is 28.9 Å². The molecule has 0 spiro atoms. The van der Waals surface area contributed by atoms with Crippen molar-refractivity contribution in [3.8, 4) is 5.75 Å². The first kappa shape index (κ1) is 15.6. The fourth-order valence-electron chi connectivity index (χ4n) is 1.97. The van der Waals surface area contributed by atoms with Crippen LogP contribution in [0.5, 0.6) is 5.75 Å². The highest BCUT2D eigenvalue weighted by atomic mass is 32.2. The zero-order valence-electron chi connectivity index (χ0n) is 12.3. The Labute approximate surface area is 125 Å². The smallest absolute Gasteiger partial charge is 0.286 e. The van der Waals surface area contributed by atoms with Crippen LogP contribution in [0.1, 0.15) is 31.7 Å². The zero-order chi connectivity index (χ0) is 15.3. The maximum atomic E-state index is 12.6. The Kier molecular flexibility index (Phi) is 5.01. The Morgan fingerprint density at radius 2 is 2.10 bits per heavy atom. The molecule has 1 aromatic heterocycles. The first-order valence-corrected chi connectivity index (χ1v) is 8.48. The monoisotopic (exact) mass is 308 g/mol. The summed E-state index contributed by atoms with van der Waals surface area (Å²) in [6.07, 6.45) is 5.92. The van der Waals surface area contributed by atoms with Crippen LogP contribution in [0.2, 0.25) is 0 Å². The number of hydrogen-bond acceptors (Lipinski definition) is 4. The van der Waals surface area contributed by atoms with Gasteiger partial charge in [0.1, 0.15) is 10.6 Å². The fourth-order valence-corrected chi connectivity index (χ4v) is 3.29. The summed E-state index contributed by atoms with van der Waals surface area (Å²) in [5, 5.41) is 3.82. The predicted octanol–water partition coefficient (Wildman–Crippen LogP) is 3.00. The molecule has 6 heteroatoms. The Balaban J connectivity index is 2.31. The van der Waals surface area contributed by atoms with E-state index < -0.39 is 10.0 Å². The number of aryl methyl sites for hydroxylation is 1. The molecular formula is C15H20N2O3S. The van der Waals surface area contributed by atoms with Crippen molar-refractivity contribution in [2.45, 2.75) is 38.0 Å². The van der Waals surface area contributed by atoms with Gasteiger partial charge in [-0.25, -0.2) is 0 Å². The molecule has 0 saturated carbocycles. The van der Waals surface area contributed by atoms with E-state index in [9.17, 15) is 8.42 Å². The lowest BCUT2D eigenvalue weighted by Crippen LogP contribution is -2.15. The van der Waals surface area contributed by atoms with Gasteiger partial charge < -0.3 is 4.74 Å². The molecule has 2 aromatic rings. The van der Waals surface area contributed by atoms with Gasteiger partial charge in [0.2, 0.25) is 0 Å². The van der Waals surface area contributed by atoms with E-state index in [1.165, 1.54) is 12.4 Å². The highest BCUT2D eigenvalue weighted by Gasteiger charge is 2.22. The van der Waals surface area contributed by atoms with E-state index in [1.807, 2.05) is 13.0 Å². The summed E-state index contributed by atoms with van der Waals surface area (Å²) >= 11 is 0. The number of nitrogens with zero attached hydrogens (tertiary/aromatic N) is 2. The lowest BCUT2D eigenvalue weighted by Gasteiger charge is -2.12. The Hall–Kier alpha value is -1.82. The zero-order valence-corrected chi connectivity index (χ0v) is 13.1. The summed E-state index contributed by atoms with van der Waals surface area (Å²) in [6.45, 7) is 4.47. The molecule has 0 unspecified atom stereocenters. The van der Waals surface area contributed by atoms with E-state index >= 15 is 0 Å². The minimum Gasteiger partial charge on any atom is -0.492 e. The third kappa shape index (κ3) is 3.64. The van der Waals surface area contributed by atoms with E-state index in [-0.39, 0.29) is 4.90 Å². The van der Waals surface area contributed by atoms with Crippen molar-refractivity contribution in [1.29, 1.82) is 0 Å². The van der Waals surface area contributed by atoms with Gasteiger partial charge in [-0.1, -0.05) is 25.8 Å². The van der Waals surface area contributed by atoms with Crippen LogP contribution in [0.3, 0.4) is 0 Å². The molecule has 0 radical (unpaired) electrons. The van der Waals surface area contributed by atoms with Crippen LogP contribution in [0, 0.1) is 6.92 Å². The summed E-state index contributed by atoms with van der Waals surface area (Å²) in [7, 11) is -3.71. The average Bonchev–Trinajstić information content (AvgIpc) is 2.99. The van der Waals surface area contributed by atoms with Gasteiger partial charge in [0.15, 0.2) is 0 Å². The van der Waals surface area contributed by atoms with Crippen molar-refractivity contribution >= 4 is 10.0 Å². The van der Waals surface area contributed by atoms with Crippen molar-refractivity contribution in [3.05, 3.63) is 42.2 Å². The Bertz CT molecular complexity index is 679. The lowest BCUT2D eigenvalue weighted by atomic mass is 10.2. The van der Waals surface area contributed by atoms with Gasteiger partial charge in [-0.3, -0.25) is 0 Å². The van der Waals surface area contributed by atoms with Crippen molar-refractivity contribution in [1.82, 2.24) is 9.19 Å². The largest absolute Gasteiger partial charge is 0.492 e. The third-order valence-electron chi connectivity index (χ3n) is 3.11. The van der Waals surface area contributed by atoms with Crippen molar-refractivity contribution in [3.63, 3.8) is 0 Å². The molecule has 0 aliphatic carbocycles. The first-order valence-electron chi connectivity index (χ1n) is 7.04. The second-order valence-electron chi connectivity index (χ2n) is 4.89. The molecule has 0 fully saturated rings. The minimum absolute atomic E-state index is 0.155. The maximum Gasteiger partial charge on any atom is 0.286 e. The quantitative estimate of drug-likeness (QED) is 0.738. The van der Waals surface area contributed by atoms with Gasteiger partial charge in [-0.05, 0) is 37.1 Å². The van der Waals surface area contributed by atoms with Crippen LogP contribution < -0.4 is 4.74 Å². The van der Waals surface area contributed by atoms with E-state index in [1.54, 1.807) is 18.2 Å². The van der Waals surface area contributed by atoms with Gasteiger partial charge in [-0.15, -0.1) is 0 Å². The molecule has 1 aromatic carbocycles. The summed E-state index contributed by atoms with van der Waals surface area (Å²) in [5.41, 5.74) is 0.863. The fraction of sp³-hybridized carbons (Fsp3) is 0.400. The molecule has 114 valence electrons. The highest BCUT2D eigenvalue weighted by Crippen LogP contribution is 2.27. The van der Waals surface area contributed by atoms with Crippen molar-refractivity contribution in [2.24, 2.45) is 0 Å². The topological polar surface area (TPSA) is 61.2 Å². The number of unbranched alkanes of at least 4 members (excludes halogenated alkanes) is 2. The lowest BCUT2D eigenvalue weighted by molar-refractivity contribution is 0.298. The highest BCUT2D eigenvalue weighted by molar-refractivity contribution is 7.90. The van der Waals surface area contributed by atoms with Crippen LogP contribution in [0.25, 0.3) is 0 Å². The second kappa shape index (κ2) is 6.76. The standard InChI is InChI=1S/C15H20N2O3S/c1-3-4-5-11-20-14-8-7-13(2)12-15(14)21(18,19)17-10-6-9-16-17/h6-10,12H,3-5,11H2,1-2H3. The minimum atomic E-state index is -3.71. The van der Waals surface area contributed by atoms with Crippen LogP contribution in [0.4, 0.5) is 0 Å². The van der Waals surface area contributed by atoms with E-state index in [4.69, 9.17) is 4.74 Å².